The smallest absolute Gasteiger partial charge is 0.0494 e. The monoisotopic (exact) mass is 540 g/mol. The summed E-state index contributed by atoms with van der Waals surface area (Å²) in [7, 11) is 4.27. The molecule has 0 aromatic heterocycles. The second kappa shape index (κ2) is 10.9. The van der Waals surface area contributed by atoms with Crippen molar-refractivity contribution in [2.24, 2.45) is 0 Å². The van der Waals surface area contributed by atoms with Crippen LogP contribution in [0.2, 0.25) is 0 Å². The number of nitrogens with zero attached hydrogens (tertiary/aromatic N) is 2. The van der Waals surface area contributed by atoms with Crippen molar-refractivity contribution in [3.63, 3.8) is 0 Å². The van der Waals surface area contributed by atoms with Gasteiger partial charge in [0.05, 0.1) is 0 Å². The number of hydrogen-bond acceptors (Lipinski definition) is 2. The van der Waals surface area contributed by atoms with Crippen LogP contribution in [0.4, 0.5) is 22.7 Å². The minimum Gasteiger partial charge on any atom is -0.345 e. The summed E-state index contributed by atoms with van der Waals surface area (Å²) in [5.41, 5.74) is 9.56. The van der Waals surface area contributed by atoms with E-state index in [0.29, 0.717) is 0 Å². The number of para-hydroxylation sites is 1. The molecule has 7 rings (SSSR count). The van der Waals surface area contributed by atoms with Gasteiger partial charge in [0, 0.05) is 42.4 Å². The van der Waals surface area contributed by atoms with Crippen molar-refractivity contribution in [3.8, 4) is 22.3 Å². The highest BCUT2D eigenvalue weighted by Crippen LogP contribution is 2.41. The third kappa shape index (κ3) is 4.78. The van der Waals surface area contributed by atoms with Crippen LogP contribution < -0.4 is 9.80 Å². The molecule has 0 heterocycles. The largest absolute Gasteiger partial charge is 0.345 e. The molecular weight excluding hydrogens is 508 g/mol. The summed E-state index contributed by atoms with van der Waals surface area (Å²) in [4.78, 5) is 4.52. The summed E-state index contributed by atoms with van der Waals surface area (Å²) in [5, 5.41) is 4.99. The van der Waals surface area contributed by atoms with Crippen molar-refractivity contribution in [2.45, 2.75) is 0 Å². The van der Waals surface area contributed by atoms with E-state index >= 15 is 0 Å². The lowest BCUT2D eigenvalue weighted by atomic mass is 9.94. The van der Waals surface area contributed by atoms with Gasteiger partial charge >= 0.3 is 0 Å². The molecule has 0 aliphatic carbocycles. The number of anilines is 4. The van der Waals surface area contributed by atoms with Crippen molar-refractivity contribution in [1.82, 2.24) is 0 Å². The maximum absolute atomic E-state index is 2.31. The lowest BCUT2D eigenvalue weighted by molar-refractivity contribution is 1.21. The van der Waals surface area contributed by atoms with E-state index in [4.69, 9.17) is 0 Å². The maximum Gasteiger partial charge on any atom is 0.0494 e. The van der Waals surface area contributed by atoms with Crippen LogP contribution in [0.3, 0.4) is 0 Å². The predicted molar refractivity (Wildman–Crippen MR) is 181 cm³/mol. The fourth-order valence-electron chi connectivity index (χ4n) is 5.87. The molecule has 0 radical (unpaired) electrons. The van der Waals surface area contributed by atoms with Gasteiger partial charge in [-0.3, -0.25) is 0 Å². The van der Waals surface area contributed by atoms with Gasteiger partial charge in [-0.05, 0) is 80.7 Å². The summed E-state index contributed by atoms with van der Waals surface area (Å²) in [5.74, 6) is 0. The van der Waals surface area contributed by atoms with Gasteiger partial charge < -0.3 is 9.80 Å². The van der Waals surface area contributed by atoms with E-state index in [1.165, 1.54) is 66.5 Å². The summed E-state index contributed by atoms with van der Waals surface area (Å²) in [6.45, 7) is 0. The molecule has 7 aromatic rings. The lowest BCUT2D eigenvalue weighted by Gasteiger charge is -2.25. The zero-order valence-corrected chi connectivity index (χ0v) is 23.9. The fraction of sp³-hybridized carbons (Fsp3) is 0.0500. The lowest BCUT2D eigenvalue weighted by Crippen LogP contribution is -2.11. The topological polar surface area (TPSA) is 6.48 Å². The van der Waals surface area contributed by atoms with Crippen LogP contribution in [0.5, 0.6) is 0 Å². The van der Waals surface area contributed by atoms with Gasteiger partial charge in [0.1, 0.15) is 0 Å². The Hall–Kier alpha value is -5.34. The Kier molecular flexibility index (Phi) is 6.65. The van der Waals surface area contributed by atoms with Crippen molar-refractivity contribution >= 4 is 44.3 Å². The minimum absolute atomic E-state index is 1.17. The van der Waals surface area contributed by atoms with Crippen LogP contribution in [0.1, 0.15) is 0 Å². The van der Waals surface area contributed by atoms with Crippen LogP contribution in [0, 0.1) is 0 Å². The quantitative estimate of drug-likeness (QED) is 0.207. The molecular formula is C40H32N2. The molecule has 0 spiro atoms. The SMILES string of the molecule is CN(c1ccccc1)c1ccc(-c2ccc(-c3c(N(C)c4ccc5ccccc5c4)ccc4ccccc34)cc2)cc1. The van der Waals surface area contributed by atoms with Gasteiger partial charge in [0.2, 0.25) is 0 Å². The normalized spacial score (nSPS) is 11.1. The molecule has 0 saturated heterocycles. The van der Waals surface area contributed by atoms with Gasteiger partial charge in [-0.25, -0.2) is 0 Å². The van der Waals surface area contributed by atoms with Crippen LogP contribution in [0.15, 0.2) is 158 Å². The van der Waals surface area contributed by atoms with Crippen molar-refractivity contribution in [2.75, 3.05) is 23.9 Å². The molecule has 0 N–H and O–H groups in total. The second-order valence-corrected chi connectivity index (χ2v) is 10.8. The van der Waals surface area contributed by atoms with E-state index < -0.39 is 0 Å². The summed E-state index contributed by atoms with van der Waals surface area (Å²) in [6, 6.07) is 56.7. The molecule has 2 heteroatoms. The molecule has 0 atom stereocenters. The van der Waals surface area contributed by atoms with Gasteiger partial charge in [-0.2, -0.15) is 0 Å². The van der Waals surface area contributed by atoms with Crippen molar-refractivity contribution < 1.29 is 0 Å². The van der Waals surface area contributed by atoms with Crippen LogP contribution in [-0.4, -0.2) is 14.1 Å². The molecule has 0 aliphatic rings. The zero-order valence-electron chi connectivity index (χ0n) is 23.9. The van der Waals surface area contributed by atoms with E-state index in [2.05, 4.69) is 176 Å². The molecule has 42 heavy (non-hydrogen) atoms. The van der Waals surface area contributed by atoms with E-state index in [9.17, 15) is 0 Å². The molecule has 0 amide bonds. The minimum atomic E-state index is 1.17. The van der Waals surface area contributed by atoms with Crippen molar-refractivity contribution in [3.05, 3.63) is 158 Å². The van der Waals surface area contributed by atoms with E-state index in [-0.39, 0.29) is 0 Å². The maximum atomic E-state index is 2.31. The molecule has 0 saturated carbocycles. The highest BCUT2D eigenvalue weighted by molar-refractivity contribution is 6.04. The van der Waals surface area contributed by atoms with Gasteiger partial charge in [-0.15, -0.1) is 0 Å². The Morgan fingerprint density at radius 1 is 0.357 bits per heavy atom. The molecule has 0 bridgehead atoms. The first-order valence-corrected chi connectivity index (χ1v) is 14.4. The Bertz CT molecular complexity index is 1990. The first kappa shape index (κ1) is 25.6. The Morgan fingerprint density at radius 3 is 1.62 bits per heavy atom. The Morgan fingerprint density at radius 2 is 0.881 bits per heavy atom. The average Bonchev–Trinajstić information content (AvgIpc) is 3.07. The van der Waals surface area contributed by atoms with E-state index in [1.54, 1.807) is 0 Å². The number of benzene rings is 7. The number of rotatable bonds is 6. The molecule has 7 aromatic carbocycles. The third-order valence-electron chi connectivity index (χ3n) is 8.29. The number of fused-ring (bicyclic) bond motifs is 2. The summed E-state index contributed by atoms with van der Waals surface area (Å²) < 4.78 is 0. The van der Waals surface area contributed by atoms with Gasteiger partial charge in [0.25, 0.3) is 0 Å². The molecule has 0 aliphatic heterocycles. The number of hydrogen-bond donors (Lipinski definition) is 0. The van der Waals surface area contributed by atoms with Gasteiger partial charge in [-0.1, -0.05) is 115 Å². The third-order valence-corrected chi connectivity index (χ3v) is 8.29. The standard InChI is InChI=1S/C40H32N2/c1-41(35-13-4-3-5-14-35)36-24-20-31(21-25-36)30-16-18-33(19-17-30)40-38-15-9-8-11-32(38)23-27-39(40)42(2)37-26-22-29-10-6-7-12-34(29)28-37/h3-28H,1-2H3. The molecule has 0 fully saturated rings. The first-order chi connectivity index (χ1) is 20.7. The highest BCUT2D eigenvalue weighted by atomic mass is 15.1. The highest BCUT2D eigenvalue weighted by Gasteiger charge is 2.15. The molecule has 202 valence electrons. The second-order valence-electron chi connectivity index (χ2n) is 10.8. The van der Waals surface area contributed by atoms with E-state index in [0.717, 1.165) is 0 Å². The Labute approximate surface area is 247 Å². The fourth-order valence-corrected chi connectivity index (χ4v) is 5.87. The van der Waals surface area contributed by atoms with Crippen LogP contribution in [0.25, 0.3) is 43.8 Å². The van der Waals surface area contributed by atoms with Crippen LogP contribution >= 0.6 is 0 Å². The molecule has 0 unspecified atom stereocenters. The molecule has 2 nitrogen and oxygen atoms in total. The summed E-state index contributed by atoms with van der Waals surface area (Å²) >= 11 is 0. The first-order valence-electron chi connectivity index (χ1n) is 14.4. The average molecular weight is 541 g/mol. The van der Waals surface area contributed by atoms with Crippen LogP contribution in [-0.2, 0) is 0 Å². The zero-order chi connectivity index (χ0) is 28.5. The van der Waals surface area contributed by atoms with Crippen molar-refractivity contribution in [1.29, 1.82) is 0 Å². The Balaban J connectivity index is 1.24. The van der Waals surface area contributed by atoms with E-state index in [1.807, 2.05) is 6.07 Å². The summed E-state index contributed by atoms with van der Waals surface area (Å²) in [6.07, 6.45) is 0. The van der Waals surface area contributed by atoms with Gasteiger partial charge in [0.15, 0.2) is 0 Å². The predicted octanol–water partition coefficient (Wildman–Crippen LogP) is 10.9.